The summed E-state index contributed by atoms with van der Waals surface area (Å²) in [5.41, 5.74) is 1.27. The summed E-state index contributed by atoms with van der Waals surface area (Å²) in [6, 6.07) is 13.1. The number of amides is 1. The number of carbonyl (C=O) groups excluding carboxylic acids is 1. The molecular weight excluding hydrogens is 424 g/mol. The normalized spacial score (nSPS) is 13.6. The Kier molecular flexibility index (Phi) is 8.15. The maximum atomic E-state index is 13.1. The van der Waals surface area contributed by atoms with E-state index in [2.05, 4.69) is 19.2 Å². The van der Waals surface area contributed by atoms with Gasteiger partial charge in [0.1, 0.15) is 11.8 Å². The molecule has 0 spiro atoms. The molecule has 0 heterocycles. The highest BCUT2D eigenvalue weighted by atomic mass is 35.5. The molecule has 0 radical (unpaired) electrons. The number of benzene rings is 2. The van der Waals surface area contributed by atoms with Crippen molar-refractivity contribution >= 4 is 33.2 Å². The summed E-state index contributed by atoms with van der Waals surface area (Å²) in [5.74, 6) is 0.381. The summed E-state index contributed by atoms with van der Waals surface area (Å²) in [6.45, 7) is 5.72. The summed E-state index contributed by atoms with van der Waals surface area (Å²) >= 11 is 6.18. The predicted octanol–water partition coefficient (Wildman–Crippen LogP) is 4.41. The monoisotopic (exact) mass is 452 g/mol. The molecule has 0 aliphatic rings. The van der Waals surface area contributed by atoms with E-state index in [0.717, 1.165) is 22.5 Å². The minimum absolute atomic E-state index is 0.220. The third-order valence-corrected chi connectivity index (χ3v) is 6.24. The molecule has 0 unspecified atom stereocenters. The van der Waals surface area contributed by atoms with Crippen molar-refractivity contribution < 1.29 is 17.9 Å². The zero-order chi connectivity index (χ0) is 22.5. The fourth-order valence-electron chi connectivity index (χ4n) is 3.33. The van der Waals surface area contributed by atoms with E-state index in [1.165, 1.54) is 13.2 Å². The number of carbonyl (C=O) groups is 1. The van der Waals surface area contributed by atoms with Crippen LogP contribution >= 0.6 is 11.6 Å². The van der Waals surface area contributed by atoms with Crippen molar-refractivity contribution in [2.24, 2.45) is 5.92 Å². The van der Waals surface area contributed by atoms with Crippen LogP contribution in [0.15, 0.2) is 48.5 Å². The van der Waals surface area contributed by atoms with Gasteiger partial charge in [0.2, 0.25) is 15.9 Å². The number of rotatable bonds is 9. The van der Waals surface area contributed by atoms with Crippen LogP contribution in [-0.4, -0.2) is 33.7 Å². The summed E-state index contributed by atoms with van der Waals surface area (Å²) in [4.78, 5) is 13.1. The van der Waals surface area contributed by atoms with Gasteiger partial charge in [0.15, 0.2) is 0 Å². The Hall–Kier alpha value is -2.25. The van der Waals surface area contributed by atoms with Crippen molar-refractivity contribution in [2.45, 2.75) is 39.3 Å². The number of sulfonamides is 1. The molecule has 1 N–H and O–H groups in total. The molecule has 30 heavy (non-hydrogen) atoms. The lowest BCUT2D eigenvalue weighted by Crippen LogP contribution is -2.48. The van der Waals surface area contributed by atoms with E-state index in [-0.39, 0.29) is 17.0 Å². The molecule has 2 aromatic rings. The van der Waals surface area contributed by atoms with Crippen molar-refractivity contribution in [1.82, 2.24) is 5.32 Å². The number of nitrogens with zero attached hydrogens (tertiary/aromatic N) is 1. The van der Waals surface area contributed by atoms with Gasteiger partial charge in [-0.15, -0.1) is 0 Å². The number of methoxy groups -OCH3 is 1. The summed E-state index contributed by atoms with van der Waals surface area (Å²) in [5, 5.41) is 3.28. The van der Waals surface area contributed by atoms with E-state index >= 15 is 0 Å². The highest BCUT2D eigenvalue weighted by Crippen LogP contribution is 2.31. The largest absolute Gasteiger partial charge is 0.495 e. The van der Waals surface area contributed by atoms with Gasteiger partial charge in [-0.2, -0.15) is 0 Å². The Labute approximate surface area is 184 Å². The maximum Gasteiger partial charge on any atom is 0.244 e. The minimum atomic E-state index is -3.75. The predicted molar refractivity (Wildman–Crippen MR) is 122 cm³/mol. The van der Waals surface area contributed by atoms with Gasteiger partial charge >= 0.3 is 0 Å². The number of nitrogens with one attached hydrogen (secondary N) is 1. The number of hydrogen-bond acceptors (Lipinski definition) is 4. The van der Waals surface area contributed by atoms with Crippen LogP contribution < -0.4 is 14.4 Å². The number of ether oxygens (including phenoxy) is 1. The third kappa shape index (κ3) is 6.12. The lowest BCUT2D eigenvalue weighted by molar-refractivity contribution is -0.122. The number of hydrogen-bond donors (Lipinski definition) is 1. The average molecular weight is 453 g/mol. The Morgan fingerprint density at radius 2 is 1.77 bits per heavy atom. The van der Waals surface area contributed by atoms with Crippen LogP contribution in [0, 0.1) is 5.92 Å². The zero-order valence-electron chi connectivity index (χ0n) is 17.9. The standard InChI is InChI=1S/C22H29ClN2O4S/c1-15(2)13-20(17-9-7-6-8-10-17)24-22(26)16(3)25(30(5,27)28)18-11-12-21(29-4)19(23)14-18/h6-12,14-16,20H,13H2,1-5H3,(H,24,26)/t16-,20+/m1/s1. The Morgan fingerprint density at radius 1 is 1.13 bits per heavy atom. The molecule has 0 fully saturated rings. The van der Waals surface area contributed by atoms with Crippen LogP contribution in [0.1, 0.15) is 38.8 Å². The van der Waals surface area contributed by atoms with E-state index < -0.39 is 16.1 Å². The van der Waals surface area contributed by atoms with E-state index in [1.54, 1.807) is 19.1 Å². The number of halogens is 1. The van der Waals surface area contributed by atoms with E-state index in [1.807, 2.05) is 30.3 Å². The topological polar surface area (TPSA) is 75.7 Å². The molecule has 2 rings (SSSR count). The summed E-state index contributed by atoms with van der Waals surface area (Å²) in [7, 11) is -2.27. The van der Waals surface area contributed by atoms with Crippen LogP contribution in [-0.2, 0) is 14.8 Å². The average Bonchev–Trinajstić information content (AvgIpc) is 2.67. The quantitative estimate of drug-likeness (QED) is 0.611. The van der Waals surface area contributed by atoms with Crippen LogP contribution in [0.5, 0.6) is 5.75 Å². The van der Waals surface area contributed by atoms with E-state index in [9.17, 15) is 13.2 Å². The van der Waals surface area contributed by atoms with Crippen molar-refractivity contribution in [2.75, 3.05) is 17.7 Å². The van der Waals surface area contributed by atoms with Gasteiger partial charge in [-0.25, -0.2) is 8.42 Å². The lowest BCUT2D eigenvalue weighted by Gasteiger charge is -2.30. The maximum absolute atomic E-state index is 13.1. The first kappa shape index (κ1) is 24.0. The van der Waals surface area contributed by atoms with Gasteiger partial charge < -0.3 is 10.1 Å². The molecule has 2 atom stereocenters. The van der Waals surface area contributed by atoms with E-state index in [0.29, 0.717) is 17.4 Å². The molecule has 0 saturated carbocycles. The first-order valence-electron chi connectivity index (χ1n) is 9.72. The molecule has 1 amide bonds. The molecular formula is C22H29ClN2O4S. The van der Waals surface area contributed by atoms with Crippen molar-refractivity contribution in [3.63, 3.8) is 0 Å². The van der Waals surface area contributed by atoms with Crippen LogP contribution in [0.25, 0.3) is 0 Å². The Morgan fingerprint density at radius 3 is 2.27 bits per heavy atom. The molecule has 0 aliphatic heterocycles. The zero-order valence-corrected chi connectivity index (χ0v) is 19.5. The Bertz CT molecular complexity index is 964. The fraction of sp³-hybridized carbons (Fsp3) is 0.409. The van der Waals surface area contributed by atoms with Crippen molar-refractivity contribution in [3.8, 4) is 5.75 Å². The number of anilines is 1. The highest BCUT2D eigenvalue weighted by molar-refractivity contribution is 7.92. The molecule has 8 heteroatoms. The smallest absolute Gasteiger partial charge is 0.244 e. The lowest BCUT2D eigenvalue weighted by atomic mass is 9.96. The molecule has 164 valence electrons. The van der Waals surface area contributed by atoms with Crippen LogP contribution in [0.4, 0.5) is 5.69 Å². The van der Waals surface area contributed by atoms with Gasteiger partial charge in [0.05, 0.1) is 30.1 Å². The second-order valence-corrected chi connectivity index (χ2v) is 9.92. The first-order valence-corrected chi connectivity index (χ1v) is 12.0. The van der Waals surface area contributed by atoms with Crippen LogP contribution in [0.2, 0.25) is 5.02 Å². The van der Waals surface area contributed by atoms with Crippen LogP contribution in [0.3, 0.4) is 0 Å². The van der Waals surface area contributed by atoms with Gasteiger partial charge in [-0.3, -0.25) is 9.10 Å². The molecule has 0 saturated heterocycles. The first-order chi connectivity index (χ1) is 14.0. The van der Waals surface area contributed by atoms with Gasteiger partial charge in [-0.05, 0) is 43.0 Å². The Balaban J connectivity index is 2.34. The highest BCUT2D eigenvalue weighted by Gasteiger charge is 2.31. The second-order valence-electron chi connectivity index (χ2n) is 7.66. The molecule has 0 bridgehead atoms. The molecule has 6 nitrogen and oxygen atoms in total. The minimum Gasteiger partial charge on any atom is -0.495 e. The summed E-state index contributed by atoms with van der Waals surface area (Å²) in [6.07, 6.45) is 1.80. The SMILES string of the molecule is COc1ccc(N([C@H](C)C(=O)N[C@@H](CC(C)C)c2ccccc2)S(C)(=O)=O)cc1Cl. The fourth-order valence-corrected chi connectivity index (χ4v) is 4.75. The van der Waals surface area contributed by atoms with Gasteiger partial charge in [0.25, 0.3) is 0 Å². The van der Waals surface area contributed by atoms with E-state index in [4.69, 9.17) is 16.3 Å². The third-order valence-electron chi connectivity index (χ3n) is 4.70. The van der Waals surface area contributed by atoms with Gasteiger partial charge in [0, 0.05) is 0 Å². The van der Waals surface area contributed by atoms with Gasteiger partial charge in [-0.1, -0.05) is 55.8 Å². The van der Waals surface area contributed by atoms with Crippen molar-refractivity contribution in [3.05, 3.63) is 59.1 Å². The molecule has 0 aromatic heterocycles. The molecule has 2 aromatic carbocycles. The van der Waals surface area contributed by atoms with Crippen molar-refractivity contribution in [1.29, 1.82) is 0 Å². The molecule has 0 aliphatic carbocycles. The second kappa shape index (κ2) is 10.2. The summed E-state index contributed by atoms with van der Waals surface area (Å²) < 4.78 is 31.3.